The number of methoxy groups -OCH3 is 1. The van der Waals surface area contributed by atoms with E-state index in [4.69, 9.17) is 15.2 Å². The second-order valence-electron chi connectivity index (χ2n) is 5.26. The number of aliphatic hydroxyl groups is 1. The van der Waals surface area contributed by atoms with Gasteiger partial charge in [0.1, 0.15) is 6.61 Å². The molecule has 0 unspecified atom stereocenters. The lowest BCUT2D eigenvalue weighted by Gasteiger charge is -2.31. The summed E-state index contributed by atoms with van der Waals surface area (Å²) in [4.78, 5) is 0. The van der Waals surface area contributed by atoms with Gasteiger partial charge in [0.2, 0.25) is 0 Å². The van der Waals surface area contributed by atoms with Gasteiger partial charge in [-0.25, -0.2) is 0 Å². The molecular formula is C15H23NO3. The van der Waals surface area contributed by atoms with Gasteiger partial charge in [0.25, 0.3) is 0 Å². The van der Waals surface area contributed by atoms with Crippen LogP contribution in [0.2, 0.25) is 0 Å². The summed E-state index contributed by atoms with van der Waals surface area (Å²) in [5.41, 5.74) is 5.91. The summed E-state index contributed by atoms with van der Waals surface area (Å²) in [6.07, 6.45) is 4.98. The van der Waals surface area contributed by atoms with Crippen LogP contribution in [-0.4, -0.2) is 24.4 Å². The van der Waals surface area contributed by atoms with Crippen LogP contribution < -0.4 is 15.2 Å². The van der Waals surface area contributed by atoms with Crippen LogP contribution in [0.1, 0.15) is 37.7 Å². The third-order valence-corrected chi connectivity index (χ3v) is 3.74. The molecule has 0 radical (unpaired) electrons. The SMILES string of the molecule is COc1cc(CN)ccc1OCC1(O)CCCCC1. The van der Waals surface area contributed by atoms with E-state index in [1.807, 2.05) is 18.2 Å². The molecule has 0 aliphatic heterocycles. The minimum Gasteiger partial charge on any atom is -0.493 e. The molecule has 1 aliphatic carbocycles. The van der Waals surface area contributed by atoms with Crippen molar-refractivity contribution in [1.82, 2.24) is 0 Å². The van der Waals surface area contributed by atoms with Crippen LogP contribution in [-0.2, 0) is 6.54 Å². The molecule has 0 bridgehead atoms. The smallest absolute Gasteiger partial charge is 0.161 e. The summed E-state index contributed by atoms with van der Waals surface area (Å²) < 4.78 is 11.1. The number of ether oxygens (including phenoxy) is 2. The van der Waals surface area contributed by atoms with Crippen LogP contribution in [0.25, 0.3) is 0 Å². The summed E-state index contributed by atoms with van der Waals surface area (Å²) in [5, 5.41) is 10.4. The van der Waals surface area contributed by atoms with Gasteiger partial charge in [-0.05, 0) is 30.5 Å². The van der Waals surface area contributed by atoms with Crippen molar-refractivity contribution in [2.24, 2.45) is 5.73 Å². The summed E-state index contributed by atoms with van der Waals surface area (Å²) in [5.74, 6) is 1.33. The van der Waals surface area contributed by atoms with Crippen molar-refractivity contribution in [3.05, 3.63) is 23.8 Å². The molecule has 106 valence electrons. The van der Waals surface area contributed by atoms with Gasteiger partial charge in [0, 0.05) is 6.54 Å². The monoisotopic (exact) mass is 265 g/mol. The van der Waals surface area contributed by atoms with Crippen molar-refractivity contribution in [3.8, 4) is 11.5 Å². The lowest BCUT2D eigenvalue weighted by Crippen LogP contribution is -2.37. The molecule has 0 aromatic heterocycles. The second kappa shape index (κ2) is 6.26. The molecule has 0 amide bonds. The zero-order valence-electron chi connectivity index (χ0n) is 11.5. The highest BCUT2D eigenvalue weighted by Gasteiger charge is 2.30. The molecule has 0 atom stereocenters. The van der Waals surface area contributed by atoms with Crippen molar-refractivity contribution >= 4 is 0 Å². The molecule has 2 rings (SSSR count). The Morgan fingerprint density at radius 1 is 1.21 bits per heavy atom. The Bertz CT molecular complexity index is 414. The van der Waals surface area contributed by atoms with Crippen molar-refractivity contribution < 1.29 is 14.6 Å². The van der Waals surface area contributed by atoms with Gasteiger partial charge in [-0.3, -0.25) is 0 Å². The summed E-state index contributed by atoms with van der Waals surface area (Å²) in [6.45, 7) is 0.798. The number of hydrogen-bond acceptors (Lipinski definition) is 4. The largest absolute Gasteiger partial charge is 0.493 e. The minimum atomic E-state index is -0.685. The van der Waals surface area contributed by atoms with Gasteiger partial charge >= 0.3 is 0 Å². The third-order valence-electron chi connectivity index (χ3n) is 3.74. The van der Waals surface area contributed by atoms with E-state index in [0.29, 0.717) is 24.7 Å². The second-order valence-corrected chi connectivity index (χ2v) is 5.26. The van der Waals surface area contributed by atoms with E-state index in [9.17, 15) is 5.11 Å². The molecule has 0 heterocycles. The Kier molecular flexibility index (Phi) is 4.66. The lowest BCUT2D eigenvalue weighted by molar-refractivity contribution is -0.0343. The normalized spacial score (nSPS) is 18.1. The van der Waals surface area contributed by atoms with Gasteiger partial charge in [-0.15, -0.1) is 0 Å². The number of nitrogens with two attached hydrogens (primary N) is 1. The zero-order chi connectivity index (χ0) is 13.7. The van der Waals surface area contributed by atoms with E-state index in [1.54, 1.807) is 7.11 Å². The van der Waals surface area contributed by atoms with Gasteiger partial charge < -0.3 is 20.3 Å². The first-order valence-electron chi connectivity index (χ1n) is 6.89. The van der Waals surface area contributed by atoms with E-state index >= 15 is 0 Å². The topological polar surface area (TPSA) is 64.7 Å². The lowest BCUT2D eigenvalue weighted by atomic mass is 9.85. The quantitative estimate of drug-likeness (QED) is 0.857. The number of hydrogen-bond donors (Lipinski definition) is 2. The average Bonchev–Trinajstić information content (AvgIpc) is 2.45. The van der Waals surface area contributed by atoms with Crippen LogP contribution in [0, 0.1) is 0 Å². The fourth-order valence-corrected chi connectivity index (χ4v) is 2.52. The molecule has 1 saturated carbocycles. The van der Waals surface area contributed by atoms with Crippen LogP contribution in [0.3, 0.4) is 0 Å². The van der Waals surface area contributed by atoms with Crippen molar-refractivity contribution in [1.29, 1.82) is 0 Å². The van der Waals surface area contributed by atoms with Crippen LogP contribution in [0.15, 0.2) is 18.2 Å². The van der Waals surface area contributed by atoms with E-state index in [1.165, 1.54) is 6.42 Å². The first-order valence-corrected chi connectivity index (χ1v) is 6.89. The molecule has 1 fully saturated rings. The maximum Gasteiger partial charge on any atom is 0.161 e. The molecule has 1 aliphatic rings. The standard InChI is InChI=1S/C15H23NO3/c1-18-14-9-12(10-16)5-6-13(14)19-11-15(17)7-3-2-4-8-15/h5-6,9,17H,2-4,7-8,10-11,16H2,1H3. The molecule has 1 aromatic carbocycles. The molecule has 0 saturated heterocycles. The van der Waals surface area contributed by atoms with Gasteiger partial charge in [0.15, 0.2) is 11.5 Å². The molecular weight excluding hydrogens is 242 g/mol. The Morgan fingerprint density at radius 2 is 1.95 bits per heavy atom. The van der Waals surface area contributed by atoms with E-state index in [2.05, 4.69) is 0 Å². The highest BCUT2D eigenvalue weighted by molar-refractivity contribution is 5.43. The molecule has 1 aromatic rings. The van der Waals surface area contributed by atoms with Gasteiger partial charge in [-0.1, -0.05) is 25.3 Å². The highest BCUT2D eigenvalue weighted by Crippen LogP contribution is 2.32. The maximum absolute atomic E-state index is 10.4. The third kappa shape index (κ3) is 3.61. The van der Waals surface area contributed by atoms with Crippen LogP contribution in [0.5, 0.6) is 11.5 Å². The highest BCUT2D eigenvalue weighted by atomic mass is 16.5. The zero-order valence-corrected chi connectivity index (χ0v) is 11.5. The van der Waals surface area contributed by atoms with E-state index in [-0.39, 0.29) is 0 Å². The Balaban J connectivity index is 2.02. The summed E-state index contributed by atoms with van der Waals surface area (Å²) >= 11 is 0. The van der Waals surface area contributed by atoms with Crippen molar-refractivity contribution in [2.75, 3.05) is 13.7 Å². The Hall–Kier alpha value is -1.26. The summed E-state index contributed by atoms with van der Waals surface area (Å²) in [7, 11) is 1.61. The first kappa shape index (κ1) is 14.2. The fourth-order valence-electron chi connectivity index (χ4n) is 2.52. The molecule has 4 heteroatoms. The van der Waals surface area contributed by atoms with Crippen LogP contribution >= 0.6 is 0 Å². The summed E-state index contributed by atoms with van der Waals surface area (Å²) in [6, 6.07) is 5.65. The Labute approximate surface area is 114 Å². The molecule has 0 spiro atoms. The van der Waals surface area contributed by atoms with Gasteiger partial charge in [0.05, 0.1) is 12.7 Å². The minimum absolute atomic E-state index is 0.325. The van der Waals surface area contributed by atoms with E-state index in [0.717, 1.165) is 31.2 Å². The van der Waals surface area contributed by atoms with E-state index < -0.39 is 5.60 Å². The maximum atomic E-state index is 10.4. The van der Waals surface area contributed by atoms with Crippen molar-refractivity contribution in [3.63, 3.8) is 0 Å². The molecule has 19 heavy (non-hydrogen) atoms. The molecule has 4 nitrogen and oxygen atoms in total. The predicted octanol–water partition coefficient (Wildman–Crippen LogP) is 2.23. The first-order chi connectivity index (χ1) is 9.17. The number of rotatable bonds is 5. The van der Waals surface area contributed by atoms with Gasteiger partial charge in [-0.2, -0.15) is 0 Å². The van der Waals surface area contributed by atoms with Crippen molar-refractivity contribution in [2.45, 2.75) is 44.2 Å². The van der Waals surface area contributed by atoms with Crippen LogP contribution in [0.4, 0.5) is 0 Å². The predicted molar refractivity (Wildman–Crippen MR) is 74.4 cm³/mol. The molecule has 3 N–H and O–H groups in total. The Morgan fingerprint density at radius 3 is 2.58 bits per heavy atom. The fraction of sp³-hybridized carbons (Fsp3) is 0.600. The number of benzene rings is 1. The average molecular weight is 265 g/mol.